The molecule has 0 aliphatic heterocycles. The monoisotopic (exact) mass is 255 g/mol. The number of halogens is 2. The lowest BCUT2D eigenvalue weighted by Gasteiger charge is -2.28. The summed E-state index contributed by atoms with van der Waals surface area (Å²) in [5, 5.41) is 12.3. The molecular formula is C13H15F2NO2. The Labute approximate surface area is 104 Å². The third-order valence-corrected chi connectivity index (χ3v) is 3.22. The molecule has 1 aliphatic carbocycles. The van der Waals surface area contributed by atoms with E-state index in [1.165, 1.54) is 0 Å². The van der Waals surface area contributed by atoms with Crippen molar-refractivity contribution in [1.82, 2.24) is 5.32 Å². The molecule has 1 aliphatic rings. The number of hydrogen-bond acceptors (Lipinski definition) is 2. The molecule has 18 heavy (non-hydrogen) atoms. The minimum Gasteiger partial charge on any atom is -0.391 e. The highest BCUT2D eigenvalue weighted by Gasteiger charge is 2.25. The average molecular weight is 255 g/mol. The number of hydrogen-bond donors (Lipinski definition) is 2. The molecule has 0 unspecified atom stereocenters. The van der Waals surface area contributed by atoms with Crippen molar-refractivity contribution in [2.24, 2.45) is 0 Å². The second-order valence-corrected chi connectivity index (χ2v) is 4.56. The van der Waals surface area contributed by atoms with Crippen LogP contribution in [0.25, 0.3) is 0 Å². The third kappa shape index (κ3) is 2.85. The van der Waals surface area contributed by atoms with Crippen molar-refractivity contribution in [1.29, 1.82) is 0 Å². The molecule has 98 valence electrons. The number of carbonyl (C=O) groups excluding carboxylic acids is 1. The minimum absolute atomic E-state index is 0.200. The Hall–Kier alpha value is -1.49. The fraction of sp³-hybridized carbons (Fsp3) is 0.462. The van der Waals surface area contributed by atoms with E-state index in [9.17, 15) is 18.7 Å². The van der Waals surface area contributed by atoms with Crippen molar-refractivity contribution in [2.75, 3.05) is 0 Å². The van der Waals surface area contributed by atoms with E-state index < -0.39 is 23.6 Å². The van der Waals surface area contributed by atoms with Crippen LogP contribution in [0.3, 0.4) is 0 Å². The van der Waals surface area contributed by atoms with E-state index in [2.05, 4.69) is 5.32 Å². The Morgan fingerprint density at radius 3 is 2.67 bits per heavy atom. The van der Waals surface area contributed by atoms with Gasteiger partial charge in [-0.05, 0) is 25.0 Å². The zero-order valence-electron chi connectivity index (χ0n) is 9.83. The van der Waals surface area contributed by atoms with Crippen LogP contribution in [0.2, 0.25) is 0 Å². The number of carbonyl (C=O) groups is 1. The highest BCUT2D eigenvalue weighted by atomic mass is 19.1. The molecule has 0 spiro atoms. The number of nitrogens with one attached hydrogen (secondary N) is 1. The normalized spacial score (nSPS) is 23.7. The average Bonchev–Trinajstić information content (AvgIpc) is 2.32. The van der Waals surface area contributed by atoms with Crippen LogP contribution in [0.4, 0.5) is 8.78 Å². The molecule has 0 radical (unpaired) electrons. The molecule has 0 heterocycles. The van der Waals surface area contributed by atoms with Crippen molar-refractivity contribution in [2.45, 2.75) is 37.8 Å². The molecule has 1 aromatic rings. The number of aliphatic hydroxyl groups excluding tert-OH is 1. The molecule has 2 rings (SSSR count). The molecule has 2 atom stereocenters. The Bertz CT molecular complexity index is 451. The predicted octanol–water partition coefficient (Wildman–Crippen LogP) is 2.00. The summed E-state index contributed by atoms with van der Waals surface area (Å²) in [7, 11) is 0. The van der Waals surface area contributed by atoms with Crippen LogP contribution in [0, 0.1) is 11.6 Å². The van der Waals surface area contributed by atoms with E-state index in [1.807, 2.05) is 0 Å². The van der Waals surface area contributed by atoms with Crippen LogP contribution in [-0.2, 0) is 0 Å². The van der Waals surface area contributed by atoms with Gasteiger partial charge in [-0.25, -0.2) is 8.78 Å². The van der Waals surface area contributed by atoms with Gasteiger partial charge in [0.25, 0.3) is 5.91 Å². The highest BCUT2D eigenvalue weighted by Crippen LogP contribution is 2.19. The highest BCUT2D eigenvalue weighted by molar-refractivity contribution is 5.94. The maximum Gasteiger partial charge on any atom is 0.254 e. The summed E-state index contributed by atoms with van der Waals surface area (Å²) in [5.41, 5.74) is -0.200. The molecular weight excluding hydrogens is 240 g/mol. The van der Waals surface area contributed by atoms with Gasteiger partial charge in [0, 0.05) is 6.07 Å². The fourth-order valence-electron chi connectivity index (χ4n) is 2.20. The van der Waals surface area contributed by atoms with Gasteiger partial charge in [-0.2, -0.15) is 0 Å². The lowest BCUT2D eigenvalue weighted by atomic mass is 9.92. The van der Waals surface area contributed by atoms with Gasteiger partial charge in [-0.15, -0.1) is 0 Å². The first-order chi connectivity index (χ1) is 8.58. The summed E-state index contributed by atoms with van der Waals surface area (Å²) >= 11 is 0. The summed E-state index contributed by atoms with van der Waals surface area (Å²) < 4.78 is 26.1. The molecule has 3 nitrogen and oxygen atoms in total. The lowest BCUT2D eigenvalue weighted by molar-refractivity contribution is 0.0714. The maximum absolute atomic E-state index is 13.4. The Balaban J connectivity index is 2.07. The van der Waals surface area contributed by atoms with Crippen molar-refractivity contribution in [3.63, 3.8) is 0 Å². The minimum atomic E-state index is -0.891. The Morgan fingerprint density at radius 1 is 1.28 bits per heavy atom. The van der Waals surface area contributed by atoms with Gasteiger partial charge in [0.05, 0.1) is 17.7 Å². The van der Waals surface area contributed by atoms with Crippen LogP contribution < -0.4 is 5.32 Å². The van der Waals surface area contributed by atoms with E-state index in [0.29, 0.717) is 18.9 Å². The first-order valence-electron chi connectivity index (χ1n) is 6.02. The topological polar surface area (TPSA) is 49.3 Å². The molecule has 1 fully saturated rings. The lowest BCUT2D eigenvalue weighted by Crippen LogP contribution is -2.45. The molecule has 1 amide bonds. The summed E-state index contributed by atoms with van der Waals surface area (Å²) in [5.74, 6) is -2.22. The SMILES string of the molecule is O=C(N[C@H]1CCCC[C@@H]1O)c1ccc(F)cc1F. The van der Waals surface area contributed by atoms with Crippen LogP contribution in [0.1, 0.15) is 36.0 Å². The van der Waals surface area contributed by atoms with E-state index in [4.69, 9.17) is 0 Å². The van der Waals surface area contributed by atoms with Crippen molar-refractivity contribution in [3.05, 3.63) is 35.4 Å². The van der Waals surface area contributed by atoms with Crippen molar-refractivity contribution in [3.8, 4) is 0 Å². The van der Waals surface area contributed by atoms with Gasteiger partial charge in [0.2, 0.25) is 0 Å². The first kappa shape index (κ1) is 13.0. The van der Waals surface area contributed by atoms with Gasteiger partial charge < -0.3 is 10.4 Å². The number of benzene rings is 1. The van der Waals surface area contributed by atoms with E-state index in [1.54, 1.807) is 0 Å². The fourth-order valence-corrected chi connectivity index (χ4v) is 2.20. The summed E-state index contributed by atoms with van der Waals surface area (Å²) in [6.07, 6.45) is 2.57. The van der Waals surface area contributed by atoms with E-state index in [-0.39, 0.29) is 11.6 Å². The molecule has 0 bridgehead atoms. The molecule has 5 heteroatoms. The zero-order chi connectivity index (χ0) is 13.1. The van der Waals surface area contributed by atoms with Gasteiger partial charge in [-0.3, -0.25) is 4.79 Å². The van der Waals surface area contributed by atoms with Crippen LogP contribution in [0.5, 0.6) is 0 Å². The van der Waals surface area contributed by atoms with Crippen LogP contribution in [0.15, 0.2) is 18.2 Å². The molecule has 0 aromatic heterocycles. The number of aliphatic hydroxyl groups is 1. The summed E-state index contributed by atoms with van der Waals surface area (Å²) in [4.78, 5) is 11.8. The van der Waals surface area contributed by atoms with Gasteiger partial charge in [0.15, 0.2) is 0 Å². The van der Waals surface area contributed by atoms with Crippen LogP contribution >= 0.6 is 0 Å². The van der Waals surface area contributed by atoms with Gasteiger partial charge in [0.1, 0.15) is 11.6 Å². The standard InChI is InChI=1S/C13H15F2NO2/c14-8-5-6-9(10(15)7-8)13(18)16-11-3-1-2-4-12(11)17/h5-7,11-12,17H,1-4H2,(H,16,18)/t11-,12-/m0/s1. The number of rotatable bonds is 2. The Morgan fingerprint density at radius 2 is 2.00 bits per heavy atom. The predicted molar refractivity (Wildman–Crippen MR) is 62.1 cm³/mol. The number of amides is 1. The van der Waals surface area contributed by atoms with E-state index in [0.717, 1.165) is 25.0 Å². The van der Waals surface area contributed by atoms with Crippen LogP contribution in [-0.4, -0.2) is 23.2 Å². The Kier molecular flexibility index (Phi) is 3.91. The van der Waals surface area contributed by atoms with Crippen molar-refractivity contribution < 1.29 is 18.7 Å². The zero-order valence-corrected chi connectivity index (χ0v) is 9.83. The van der Waals surface area contributed by atoms with E-state index >= 15 is 0 Å². The smallest absolute Gasteiger partial charge is 0.254 e. The summed E-state index contributed by atoms with van der Waals surface area (Å²) in [6, 6.07) is 2.46. The first-order valence-corrected chi connectivity index (χ1v) is 6.02. The molecule has 1 saturated carbocycles. The largest absolute Gasteiger partial charge is 0.391 e. The summed E-state index contributed by atoms with van der Waals surface area (Å²) in [6.45, 7) is 0. The van der Waals surface area contributed by atoms with Gasteiger partial charge in [-0.1, -0.05) is 12.8 Å². The molecule has 2 N–H and O–H groups in total. The third-order valence-electron chi connectivity index (χ3n) is 3.22. The second-order valence-electron chi connectivity index (χ2n) is 4.56. The van der Waals surface area contributed by atoms with Crippen molar-refractivity contribution >= 4 is 5.91 Å². The molecule has 1 aromatic carbocycles. The van der Waals surface area contributed by atoms with Gasteiger partial charge >= 0.3 is 0 Å². The maximum atomic E-state index is 13.4. The molecule has 0 saturated heterocycles. The second kappa shape index (κ2) is 5.44. The quantitative estimate of drug-likeness (QED) is 0.849.